The molecule has 210 valence electrons. The van der Waals surface area contributed by atoms with Gasteiger partial charge in [-0.2, -0.15) is 0 Å². The fraction of sp³-hybridized carbons (Fsp3) is 0.300. The molecule has 1 aliphatic heterocycles. The van der Waals surface area contributed by atoms with Crippen molar-refractivity contribution in [1.82, 2.24) is 9.88 Å². The van der Waals surface area contributed by atoms with E-state index in [1.54, 1.807) is 31.2 Å². The van der Waals surface area contributed by atoms with Crippen LogP contribution in [0.4, 0.5) is 5.82 Å². The number of ether oxygens (including phenoxy) is 2. The van der Waals surface area contributed by atoms with Crippen LogP contribution in [-0.4, -0.2) is 58.1 Å². The molecule has 0 bridgehead atoms. The zero-order valence-electron chi connectivity index (χ0n) is 22.5. The van der Waals surface area contributed by atoms with Crippen molar-refractivity contribution in [2.75, 3.05) is 25.1 Å². The largest absolute Gasteiger partial charge is 0.487 e. The van der Waals surface area contributed by atoms with Gasteiger partial charge in [0.1, 0.15) is 23.7 Å². The van der Waals surface area contributed by atoms with E-state index in [9.17, 15) is 15.0 Å². The molecule has 0 amide bonds. The number of carboxylic acids is 1. The Morgan fingerprint density at radius 2 is 2.02 bits per heavy atom. The van der Waals surface area contributed by atoms with E-state index in [-0.39, 0.29) is 30.7 Å². The van der Waals surface area contributed by atoms with Crippen molar-refractivity contribution in [3.05, 3.63) is 87.8 Å². The van der Waals surface area contributed by atoms with Crippen molar-refractivity contribution in [3.63, 3.8) is 0 Å². The summed E-state index contributed by atoms with van der Waals surface area (Å²) in [6.07, 6.45) is 1.63. The maximum atomic E-state index is 11.5. The topological polar surface area (TPSA) is 128 Å². The number of aliphatic hydroxyl groups excluding tert-OH is 1. The van der Waals surface area contributed by atoms with Gasteiger partial charge >= 0.3 is 5.97 Å². The number of hydrogen-bond acceptors (Lipinski definition) is 8. The Morgan fingerprint density at radius 1 is 1.23 bits per heavy atom. The maximum Gasteiger partial charge on any atom is 0.342 e. The van der Waals surface area contributed by atoms with Crippen molar-refractivity contribution in [2.45, 2.75) is 39.5 Å². The van der Waals surface area contributed by atoms with E-state index in [1.165, 1.54) is 11.1 Å². The lowest BCUT2D eigenvalue weighted by Gasteiger charge is -2.33. The van der Waals surface area contributed by atoms with E-state index in [1.807, 2.05) is 19.1 Å². The smallest absolute Gasteiger partial charge is 0.342 e. The average Bonchev–Trinajstić information content (AvgIpc) is 2.96. The van der Waals surface area contributed by atoms with Crippen molar-refractivity contribution in [1.29, 1.82) is 5.41 Å². The highest BCUT2D eigenvalue weighted by Crippen LogP contribution is 2.36. The van der Waals surface area contributed by atoms with Crippen LogP contribution in [0.2, 0.25) is 5.02 Å². The number of hydrogen-bond donors (Lipinski definition) is 4. The van der Waals surface area contributed by atoms with Crippen LogP contribution in [0.1, 0.15) is 30.5 Å². The normalized spacial score (nSPS) is 14.5. The number of benzene rings is 2. The molecule has 9 nitrogen and oxygen atoms in total. The molecule has 4 rings (SSSR count). The van der Waals surface area contributed by atoms with Crippen molar-refractivity contribution in [3.8, 4) is 17.0 Å². The number of nitrogens with zero attached hydrogens (tertiary/aromatic N) is 2. The third-order valence-electron chi connectivity index (χ3n) is 6.72. The number of para-hydroxylation sites is 1. The minimum atomic E-state index is -1.29. The number of anilines is 1. The van der Waals surface area contributed by atoms with Gasteiger partial charge in [-0.25, -0.2) is 9.78 Å². The Bertz CT molecular complexity index is 1410. The molecule has 0 saturated carbocycles. The first-order chi connectivity index (χ1) is 19.3. The first kappa shape index (κ1) is 29.1. The van der Waals surface area contributed by atoms with Gasteiger partial charge in [-0.1, -0.05) is 41.9 Å². The molecule has 0 spiro atoms. The summed E-state index contributed by atoms with van der Waals surface area (Å²) in [5.74, 6) is -0.530. The fourth-order valence-electron chi connectivity index (χ4n) is 4.54. The van der Waals surface area contributed by atoms with Crippen molar-refractivity contribution < 1.29 is 24.5 Å². The van der Waals surface area contributed by atoms with E-state index in [0.29, 0.717) is 34.5 Å². The third kappa shape index (κ3) is 6.80. The van der Waals surface area contributed by atoms with Gasteiger partial charge in [0.2, 0.25) is 5.88 Å². The summed E-state index contributed by atoms with van der Waals surface area (Å²) in [5, 5.41) is 29.7. The van der Waals surface area contributed by atoms with Crippen molar-refractivity contribution >= 4 is 29.6 Å². The number of nitrogens with one attached hydrogen (secondary N) is 2. The van der Waals surface area contributed by atoms with Gasteiger partial charge in [-0.05, 0) is 61.2 Å². The summed E-state index contributed by atoms with van der Waals surface area (Å²) in [6.45, 7) is 6.15. The first-order valence-corrected chi connectivity index (χ1v) is 13.4. The van der Waals surface area contributed by atoms with Gasteiger partial charge in [-0.3, -0.25) is 4.90 Å². The summed E-state index contributed by atoms with van der Waals surface area (Å²) in [7, 11) is 0. The Balaban J connectivity index is 1.55. The number of pyridine rings is 1. The SMILES string of the molecule is CCO/C(Nc1cccc(-c2cccc(Cl)c2OCc2ccc3c(c2)CCN(C(C)CO)C3)n1)=C(/C=N)C(=O)O. The minimum absolute atomic E-state index is 0.0708. The van der Waals surface area contributed by atoms with Gasteiger partial charge in [0.25, 0.3) is 0 Å². The number of carboxylic acid groups (broad SMARTS) is 1. The quantitative estimate of drug-likeness (QED) is 0.136. The molecule has 2 heterocycles. The monoisotopic (exact) mass is 564 g/mol. The number of aliphatic carboxylic acids is 1. The summed E-state index contributed by atoms with van der Waals surface area (Å²) in [4.78, 5) is 18.5. The summed E-state index contributed by atoms with van der Waals surface area (Å²) in [5.41, 5.74) is 4.49. The van der Waals surface area contributed by atoms with Gasteiger partial charge < -0.3 is 30.4 Å². The van der Waals surface area contributed by atoms with Crippen LogP contribution in [-0.2, 0) is 29.1 Å². The Hall–Kier alpha value is -3.92. The number of carbonyl (C=O) groups is 1. The molecule has 1 atom stereocenters. The van der Waals surface area contributed by atoms with Crippen LogP contribution in [0.3, 0.4) is 0 Å². The second-order valence-electron chi connectivity index (χ2n) is 9.42. The van der Waals surface area contributed by atoms with Gasteiger partial charge in [-0.15, -0.1) is 0 Å². The zero-order valence-corrected chi connectivity index (χ0v) is 23.2. The van der Waals surface area contributed by atoms with Gasteiger partial charge in [0, 0.05) is 30.9 Å². The lowest BCUT2D eigenvalue weighted by atomic mass is 9.96. The minimum Gasteiger partial charge on any atom is -0.487 e. The molecule has 4 N–H and O–H groups in total. The lowest BCUT2D eigenvalue weighted by molar-refractivity contribution is -0.132. The Labute approximate surface area is 238 Å². The van der Waals surface area contributed by atoms with Crippen LogP contribution >= 0.6 is 11.6 Å². The number of aromatic nitrogens is 1. The molecular weight excluding hydrogens is 532 g/mol. The van der Waals surface area contributed by atoms with E-state index in [0.717, 1.165) is 31.3 Å². The molecule has 0 radical (unpaired) electrons. The Morgan fingerprint density at radius 3 is 2.75 bits per heavy atom. The van der Waals surface area contributed by atoms with E-state index >= 15 is 0 Å². The van der Waals surface area contributed by atoms with Gasteiger partial charge in [0.05, 0.1) is 23.9 Å². The van der Waals surface area contributed by atoms with Crippen LogP contribution in [0, 0.1) is 5.41 Å². The van der Waals surface area contributed by atoms with E-state index < -0.39 is 5.97 Å². The zero-order chi connectivity index (χ0) is 28.6. The van der Waals surface area contributed by atoms with E-state index in [4.69, 9.17) is 26.5 Å². The molecule has 1 aromatic heterocycles. The standard InChI is InChI=1S/C30H33ClN4O5/c1-3-39-29(24(15-32)30(37)38)34-27-9-5-8-26(33-27)23-6-4-7-25(31)28(23)40-18-20-10-11-22-16-35(19(2)17-36)13-12-21(22)14-20/h4-11,14-15,19,32,36H,3,12-13,16-18H2,1-2H3,(H,33,34)(H,37,38)/b29-24-,32-15?. The molecular formula is C30H33ClN4O5. The van der Waals surface area contributed by atoms with Crippen LogP contribution in [0.5, 0.6) is 5.75 Å². The van der Waals surface area contributed by atoms with Crippen LogP contribution in [0.25, 0.3) is 11.3 Å². The molecule has 1 unspecified atom stereocenters. The van der Waals surface area contributed by atoms with E-state index in [2.05, 4.69) is 33.4 Å². The molecule has 0 fully saturated rings. The first-order valence-electron chi connectivity index (χ1n) is 13.1. The highest BCUT2D eigenvalue weighted by molar-refractivity contribution is 6.32. The van der Waals surface area contributed by atoms with Crippen molar-refractivity contribution in [2.24, 2.45) is 0 Å². The Kier molecular flexibility index (Phi) is 9.76. The fourth-order valence-corrected chi connectivity index (χ4v) is 4.77. The summed E-state index contributed by atoms with van der Waals surface area (Å²) in [6, 6.07) is 17.2. The predicted octanol–water partition coefficient (Wildman–Crippen LogP) is 5.11. The maximum absolute atomic E-state index is 11.5. The molecule has 2 aromatic carbocycles. The van der Waals surface area contributed by atoms with Gasteiger partial charge in [0.15, 0.2) is 0 Å². The van der Waals surface area contributed by atoms with Crippen LogP contribution < -0.4 is 10.1 Å². The molecule has 10 heteroatoms. The molecule has 0 aliphatic carbocycles. The highest BCUT2D eigenvalue weighted by atomic mass is 35.5. The second kappa shape index (κ2) is 13.4. The number of halogens is 1. The number of rotatable bonds is 12. The molecule has 3 aromatic rings. The number of fused-ring (bicyclic) bond motifs is 1. The number of aliphatic hydroxyl groups is 1. The highest BCUT2D eigenvalue weighted by Gasteiger charge is 2.21. The third-order valence-corrected chi connectivity index (χ3v) is 7.02. The molecule has 1 aliphatic rings. The molecule has 40 heavy (non-hydrogen) atoms. The lowest BCUT2D eigenvalue weighted by Crippen LogP contribution is -2.39. The summed E-state index contributed by atoms with van der Waals surface area (Å²) >= 11 is 6.57. The molecule has 0 saturated heterocycles. The average molecular weight is 565 g/mol. The van der Waals surface area contributed by atoms with Crippen LogP contribution in [0.15, 0.2) is 66.1 Å². The summed E-state index contributed by atoms with van der Waals surface area (Å²) < 4.78 is 11.7. The second-order valence-corrected chi connectivity index (χ2v) is 9.83. The predicted molar refractivity (Wildman–Crippen MR) is 155 cm³/mol.